The lowest BCUT2D eigenvalue weighted by Gasteiger charge is -2.03. The summed E-state index contributed by atoms with van der Waals surface area (Å²) in [5, 5.41) is 0. The Labute approximate surface area is 114 Å². The van der Waals surface area contributed by atoms with Crippen LogP contribution in [-0.2, 0) is 11.2 Å². The van der Waals surface area contributed by atoms with E-state index in [9.17, 15) is 4.79 Å². The lowest BCUT2D eigenvalue weighted by atomic mass is 10.2. The molecule has 0 amide bonds. The third-order valence-corrected chi connectivity index (χ3v) is 3.76. The van der Waals surface area contributed by atoms with Crippen molar-refractivity contribution in [3.63, 3.8) is 0 Å². The van der Waals surface area contributed by atoms with E-state index >= 15 is 0 Å². The summed E-state index contributed by atoms with van der Waals surface area (Å²) in [6, 6.07) is 8.95. The molecule has 0 fully saturated rings. The molecule has 1 aromatic heterocycles. The van der Waals surface area contributed by atoms with Crippen molar-refractivity contribution in [3.05, 3.63) is 50.9 Å². The van der Waals surface area contributed by atoms with Gasteiger partial charge in [0.2, 0.25) is 0 Å². The van der Waals surface area contributed by atoms with Gasteiger partial charge in [-0.2, -0.15) is 0 Å². The second-order valence-corrected chi connectivity index (χ2v) is 5.39. The number of benzene rings is 1. The van der Waals surface area contributed by atoms with Crippen molar-refractivity contribution in [2.75, 3.05) is 6.61 Å². The van der Waals surface area contributed by atoms with E-state index < -0.39 is 0 Å². The zero-order valence-corrected chi connectivity index (χ0v) is 11.4. The summed E-state index contributed by atoms with van der Waals surface area (Å²) in [5.74, 6) is -0.302. The SMILES string of the molecule is Cc1nc(Cl)sc1CCOC(=O)c1ccccc1. The summed E-state index contributed by atoms with van der Waals surface area (Å²) in [6.45, 7) is 2.24. The summed E-state index contributed by atoms with van der Waals surface area (Å²) in [6.07, 6.45) is 0.648. The van der Waals surface area contributed by atoms with Gasteiger partial charge < -0.3 is 4.74 Å². The van der Waals surface area contributed by atoms with Crippen LogP contribution in [0.1, 0.15) is 20.9 Å². The van der Waals surface area contributed by atoms with Crippen LogP contribution in [0, 0.1) is 6.92 Å². The first-order valence-corrected chi connectivity index (χ1v) is 6.70. The van der Waals surface area contributed by atoms with Crippen molar-refractivity contribution in [1.29, 1.82) is 0 Å². The van der Waals surface area contributed by atoms with Gasteiger partial charge in [-0.15, -0.1) is 11.3 Å². The molecule has 0 atom stereocenters. The van der Waals surface area contributed by atoms with Crippen molar-refractivity contribution in [2.45, 2.75) is 13.3 Å². The van der Waals surface area contributed by atoms with Gasteiger partial charge in [-0.1, -0.05) is 29.8 Å². The average Bonchev–Trinajstić information content (AvgIpc) is 2.69. The molecule has 1 aromatic carbocycles. The number of ether oxygens (including phenoxy) is 1. The quantitative estimate of drug-likeness (QED) is 0.805. The second kappa shape index (κ2) is 5.98. The first kappa shape index (κ1) is 13.1. The lowest BCUT2D eigenvalue weighted by Crippen LogP contribution is -2.07. The van der Waals surface area contributed by atoms with Gasteiger partial charge in [0.05, 0.1) is 17.9 Å². The Balaban J connectivity index is 1.86. The van der Waals surface area contributed by atoms with Crippen LogP contribution in [0.2, 0.25) is 4.47 Å². The maximum atomic E-state index is 11.7. The fraction of sp³-hybridized carbons (Fsp3) is 0.231. The van der Waals surface area contributed by atoms with Crippen molar-refractivity contribution < 1.29 is 9.53 Å². The van der Waals surface area contributed by atoms with Crippen LogP contribution in [0.15, 0.2) is 30.3 Å². The van der Waals surface area contributed by atoms with E-state index in [1.165, 1.54) is 11.3 Å². The average molecular weight is 282 g/mol. The van der Waals surface area contributed by atoms with Crippen molar-refractivity contribution in [2.24, 2.45) is 0 Å². The summed E-state index contributed by atoms with van der Waals surface area (Å²) in [5.41, 5.74) is 1.47. The molecule has 2 rings (SSSR count). The van der Waals surface area contributed by atoms with Crippen LogP contribution < -0.4 is 0 Å². The molecule has 94 valence electrons. The van der Waals surface area contributed by atoms with E-state index in [4.69, 9.17) is 16.3 Å². The molecule has 2 aromatic rings. The zero-order valence-electron chi connectivity index (χ0n) is 9.85. The van der Waals surface area contributed by atoms with Gasteiger partial charge in [0.1, 0.15) is 0 Å². The molecule has 0 aliphatic rings. The summed E-state index contributed by atoms with van der Waals surface area (Å²) in [4.78, 5) is 16.8. The molecular weight excluding hydrogens is 270 g/mol. The van der Waals surface area contributed by atoms with Crippen molar-refractivity contribution in [1.82, 2.24) is 4.98 Å². The molecule has 5 heteroatoms. The van der Waals surface area contributed by atoms with Gasteiger partial charge in [0, 0.05) is 11.3 Å². The number of rotatable bonds is 4. The van der Waals surface area contributed by atoms with Gasteiger partial charge in [-0.25, -0.2) is 9.78 Å². The third kappa shape index (κ3) is 3.31. The Kier molecular flexibility index (Phi) is 4.33. The molecule has 0 unspecified atom stereocenters. The van der Waals surface area contributed by atoms with E-state index in [0.717, 1.165) is 10.6 Å². The molecule has 0 saturated carbocycles. The molecule has 0 N–H and O–H groups in total. The smallest absolute Gasteiger partial charge is 0.338 e. The molecule has 18 heavy (non-hydrogen) atoms. The standard InChI is InChI=1S/C13H12ClNO2S/c1-9-11(18-13(14)15-9)7-8-17-12(16)10-5-3-2-4-6-10/h2-6H,7-8H2,1H3. The number of hydrogen-bond donors (Lipinski definition) is 0. The fourth-order valence-corrected chi connectivity index (χ4v) is 2.69. The van der Waals surface area contributed by atoms with Crippen molar-refractivity contribution in [3.8, 4) is 0 Å². The fourth-order valence-electron chi connectivity index (χ4n) is 1.52. The number of hydrogen-bond acceptors (Lipinski definition) is 4. The van der Waals surface area contributed by atoms with E-state index in [1.807, 2.05) is 25.1 Å². The van der Waals surface area contributed by atoms with Gasteiger partial charge in [0.15, 0.2) is 4.47 Å². The molecule has 3 nitrogen and oxygen atoms in total. The highest BCUT2D eigenvalue weighted by Gasteiger charge is 2.09. The normalized spacial score (nSPS) is 10.3. The van der Waals surface area contributed by atoms with E-state index in [0.29, 0.717) is 23.1 Å². The van der Waals surface area contributed by atoms with Crippen LogP contribution in [-0.4, -0.2) is 17.6 Å². The first-order valence-electron chi connectivity index (χ1n) is 5.51. The highest BCUT2D eigenvalue weighted by molar-refractivity contribution is 7.15. The Bertz CT molecular complexity index is 539. The number of aryl methyl sites for hydroxylation is 1. The Morgan fingerprint density at radius 2 is 2.11 bits per heavy atom. The highest BCUT2D eigenvalue weighted by atomic mass is 35.5. The van der Waals surface area contributed by atoms with E-state index in [2.05, 4.69) is 4.98 Å². The number of esters is 1. The van der Waals surface area contributed by atoms with Gasteiger partial charge >= 0.3 is 5.97 Å². The maximum absolute atomic E-state index is 11.7. The first-order chi connectivity index (χ1) is 8.66. The minimum absolute atomic E-state index is 0.302. The lowest BCUT2D eigenvalue weighted by molar-refractivity contribution is 0.0510. The van der Waals surface area contributed by atoms with E-state index in [-0.39, 0.29) is 5.97 Å². The molecule has 0 bridgehead atoms. The summed E-state index contributed by atoms with van der Waals surface area (Å²) >= 11 is 7.23. The Hall–Kier alpha value is -1.39. The predicted molar refractivity (Wildman–Crippen MR) is 72.3 cm³/mol. The third-order valence-electron chi connectivity index (χ3n) is 2.44. The number of halogens is 1. The van der Waals surface area contributed by atoms with Gasteiger partial charge in [-0.05, 0) is 19.1 Å². The molecule has 1 heterocycles. The number of aromatic nitrogens is 1. The number of thiazole rings is 1. The molecule has 0 saturated heterocycles. The summed E-state index contributed by atoms with van der Waals surface area (Å²) < 4.78 is 5.72. The Morgan fingerprint density at radius 1 is 1.39 bits per heavy atom. The zero-order chi connectivity index (χ0) is 13.0. The largest absolute Gasteiger partial charge is 0.462 e. The van der Waals surface area contributed by atoms with Crippen LogP contribution in [0.4, 0.5) is 0 Å². The second-order valence-electron chi connectivity index (χ2n) is 3.73. The van der Waals surface area contributed by atoms with Crippen LogP contribution >= 0.6 is 22.9 Å². The molecule has 0 aliphatic heterocycles. The minimum atomic E-state index is -0.302. The van der Waals surface area contributed by atoms with E-state index in [1.54, 1.807) is 12.1 Å². The molecule has 0 radical (unpaired) electrons. The summed E-state index contributed by atoms with van der Waals surface area (Å²) in [7, 11) is 0. The molecular formula is C13H12ClNO2S. The van der Waals surface area contributed by atoms with Crippen LogP contribution in [0.3, 0.4) is 0 Å². The number of carbonyl (C=O) groups is 1. The number of nitrogens with zero attached hydrogens (tertiary/aromatic N) is 1. The predicted octanol–water partition coefficient (Wildman–Crippen LogP) is 3.50. The van der Waals surface area contributed by atoms with Crippen LogP contribution in [0.5, 0.6) is 0 Å². The van der Waals surface area contributed by atoms with Crippen molar-refractivity contribution >= 4 is 28.9 Å². The topological polar surface area (TPSA) is 39.2 Å². The Morgan fingerprint density at radius 3 is 2.72 bits per heavy atom. The van der Waals surface area contributed by atoms with Gasteiger partial charge in [0.25, 0.3) is 0 Å². The molecule has 0 spiro atoms. The minimum Gasteiger partial charge on any atom is -0.462 e. The molecule has 0 aliphatic carbocycles. The van der Waals surface area contributed by atoms with Gasteiger partial charge in [-0.3, -0.25) is 0 Å². The highest BCUT2D eigenvalue weighted by Crippen LogP contribution is 2.22. The van der Waals surface area contributed by atoms with Crippen LogP contribution in [0.25, 0.3) is 0 Å². The number of carbonyl (C=O) groups excluding carboxylic acids is 1. The monoisotopic (exact) mass is 281 g/mol. The maximum Gasteiger partial charge on any atom is 0.338 e.